The van der Waals surface area contributed by atoms with Gasteiger partial charge in [-0.05, 0) is 67.8 Å². The van der Waals surface area contributed by atoms with E-state index >= 15 is 0 Å². The first-order valence-electron chi connectivity index (χ1n) is 15.3. The molecule has 0 aliphatic carbocycles. The van der Waals surface area contributed by atoms with Crippen molar-refractivity contribution in [3.05, 3.63) is 70.8 Å². The molecule has 0 aliphatic rings. The minimum atomic E-state index is -1.92. The summed E-state index contributed by atoms with van der Waals surface area (Å²) in [5.74, 6) is -18.5. The highest BCUT2D eigenvalue weighted by Crippen LogP contribution is 2.40. The second-order valence-corrected chi connectivity index (χ2v) is 11.6. The molecule has 0 unspecified atom stereocenters. The van der Waals surface area contributed by atoms with E-state index in [9.17, 15) is 85.3 Å². The van der Waals surface area contributed by atoms with Crippen molar-refractivity contribution in [2.75, 3.05) is 6.54 Å². The number of imide groups is 2. The zero-order valence-electron chi connectivity index (χ0n) is 27.4. The van der Waals surface area contributed by atoms with Crippen molar-refractivity contribution in [2.45, 2.75) is 25.3 Å². The van der Waals surface area contributed by atoms with E-state index in [1.165, 1.54) is 0 Å². The quantitative estimate of drug-likeness (QED) is 0.0585. The molecule has 4 rings (SSSR count). The average molecular weight is 754 g/mol. The molecule has 4 aromatic carbocycles. The van der Waals surface area contributed by atoms with Gasteiger partial charge in [0.05, 0.1) is 0 Å². The number of phenols is 12. The van der Waals surface area contributed by atoms with Gasteiger partial charge >= 0.3 is 0 Å². The summed E-state index contributed by atoms with van der Waals surface area (Å²) in [6.07, 6.45) is -1.07. The van der Waals surface area contributed by atoms with Gasteiger partial charge in [0.15, 0.2) is 69.0 Å². The molecule has 1 atom stereocenters. The lowest BCUT2D eigenvalue weighted by atomic mass is 10.0. The Kier molecular flexibility index (Phi) is 11.0. The Balaban J connectivity index is 1.69. The van der Waals surface area contributed by atoms with Gasteiger partial charge in [-0.15, -0.1) is 0 Å². The number of nitrogens with two attached hydrogens (primary N) is 1. The van der Waals surface area contributed by atoms with Gasteiger partial charge in [0.1, 0.15) is 6.04 Å². The highest BCUT2D eigenvalue weighted by molar-refractivity contribution is 6.13. The van der Waals surface area contributed by atoms with E-state index in [0.29, 0.717) is 53.4 Å². The minimum absolute atomic E-state index is 0.233. The monoisotopic (exact) mass is 753 g/mol. The number of benzene rings is 4. The van der Waals surface area contributed by atoms with E-state index in [0.717, 1.165) is 0 Å². The third kappa shape index (κ3) is 7.76. The van der Waals surface area contributed by atoms with E-state index in [1.807, 2.05) is 0 Å². The van der Waals surface area contributed by atoms with Crippen LogP contribution in [0, 0.1) is 0 Å². The molecule has 4 aromatic rings. The largest absolute Gasteiger partial charge is 0.504 e. The molecule has 0 spiro atoms. The molecule has 0 aromatic heterocycles. The zero-order chi connectivity index (χ0) is 40.3. The molecule has 0 fully saturated rings. The van der Waals surface area contributed by atoms with Crippen LogP contribution in [0.3, 0.4) is 0 Å². The Morgan fingerprint density at radius 3 is 0.963 bits per heavy atom. The highest BCUT2D eigenvalue weighted by atomic mass is 16.3. The number of amides is 5. The molecule has 284 valence electrons. The van der Waals surface area contributed by atoms with Crippen molar-refractivity contribution < 1.29 is 85.3 Å². The zero-order valence-corrected chi connectivity index (χ0v) is 27.4. The Morgan fingerprint density at radius 1 is 0.444 bits per heavy atom. The maximum atomic E-state index is 13.8. The van der Waals surface area contributed by atoms with Crippen LogP contribution in [0.2, 0.25) is 0 Å². The molecular formula is C34H31N3O17. The molecule has 0 radical (unpaired) electrons. The summed E-state index contributed by atoms with van der Waals surface area (Å²) in [5.41, 5.74) is 3.17. The van der Waals surface area contributed by atoms with Crippen molar-refractivity contribution in [1.82, 2.24) is 9.80 Å². The Labute approximate surface area is 301 Å². The van der Waals surface area contributed by atoms with Crippen LogP contribution in [-0.2, 0) is 4.79 Å². The fraction of sp³-hybridized carbons (Fsp3) is 0.147. The van der Waals surface area contributed by atoms with E-state index in [1.54, 1.807) is 0 Å². The van der Waals surface area contributed by atoms with Gasteiger partial charge < -0.3 is 67.0 Å². The van der Waals surface area contributed by atoms with E-state index in [-0.39, 0.29) is 17.7 Å². The van der Waals surface area contributed by atoms with Crippen molar-refractivity contribution in [3.63, 3.8) is 0 Å². The van der Waals surface area contributed by atoms with Crippen LogP contribution in [0.4, 0.5) is 0 Å². The highest BCUT2D eigenvalue weighted by Gasteiger charge is 2.36. The van der Waals surface area contributed by atoms with Crippen molar-refractivity contribution in [3.8, 4) is 69.0 Å². The van der Waals surface area contributed by atoms with Crippen molar-refractivity contribution in [1.29, 1.82) is 0 Å². The van der Waals surface area contributed by atoms with E-state index in [4.69, 9.17) is 5.73 Å². The van der Waals surface area contributed by atoms with Crippen LogP contribution in [-0.4, -0.2) is 113 Å². The number of hydrogen-bond donors (Lipinski definition) is 13. The summed E-state index contributed by atoms with van der Waals surface area (Å²) in [5, 5.41) is 119. The predicted molar refractivity (Wildman–Crippen MR) is 178 cm³/mol. The first-order valence-corrected chi connectivity index (χ1v) is 15.3. The molecule has 0 bridgehead atoms. The first kappa shape index (κ1) is 39.0. The summed E-state index contributed by atoms with van der Waals surface area (Å²) in [6, 6.07) is 3.45. The smallest absolute Gasteiger partial charge is 0.261 e. The standard InChI is InChI=1S/C34H31N3O17/c35-30(50)17(37(33(53)15-9-22(42)28(48)23(43)10-15)34(54)16-11-24(44)29(49)25(45)12-16)3-1-2-4-36(31(51)13-5-18(38)26(46)19(39)6-13)32(52)14-7-20(40)27(47)21(41)8-14/h5-12,17,38-49H,1-4H2,(H2,35,50)/t17-/m1/s1. The fourth-order valence-electron chi connectivity index (χ4n) is 5.18. The predicted octanol–water partition coefficient (Wildman–Crippen LogP) is 1.44. The molecule has 20 nitrogen and oxygen atoms in total. The van der Waals surface area contributed by atoms with Crippen molar-refractivity contribution in [2.24, 2.45) is 5.73 Å². The summed E-state index contributed by atoms with van der Waals surface area (Å²) in [4.78, 5) is 68.2. The van der Waals surface area contributed by atoms with Gasteiger partial charge in [0, 0.05) is 28.8 Å². The molecule has 54 heavy (non-hydrogen) atoms. The molecular weight excluding hydrogens is 722 g/mol. The van der Waals surface area contributed by atoms with Crippen LogP contribution >= 0.6 is 0 Å². The number of rotatable bonds is 11. The average Bonchev–Trinajstić information content (AvgIpc) is 3.11. The summed E-state index contributed by atoms with van der Waals surface area (Å²) >= 11 is 0. The second kappa shape index (κ2) is 15.2. The van der Waals surface area contributed by atoms with Gasteiger partial charge in [-0.2, -0.15) is 0 Å². The summed E-state index contributed by atoms with van der Waals surface area (Å²) in [6.45, 7) is -0.588. The van der Waals surface area contributed by atoms with Gasteiger partial charge in [-0.3, -0.25) is 33.8 Å². The van der Waals surface area contributed by atoms with E-state index in [2.05, 4.69) is 0 Å². The van der Waals surface area contributed by atoms with Crippen molar-refractivity contribution >= 4 is 29.5 Å². The number of nitrogens with zero attached hydrogens (tertiary/aromatic N) is 2. The van der Waals surface area contributed by atoms with Crippen LogP contribution in [0.1, 0.15) is 60.7 Å². The molecule has 14 N–H and O–H groups in total. The van der Waals surface area contributed by atoms with Crippen LogP contribution in [0.25, 0.3) is 0 Å². The molecule has 20 heteroatoms. The molecule has 5 amide bonds. The van der Waals surface area contributed by atoms with Crippen LogP contribution in [0.5, 0.6) is 69.0 Å². The second-order valence-electron chi connectivity index (χ2n) is 11.6. The molecule has 0 heterocycles. The Hall–Kier alpha value is -7.77. The first-order chi connectivity index (χ1) is 25.2. The summed E-state index contributed by atoms with van der Waals surface area (Å²) < 4.78 is 0. The van der Waals surface area contributed by atoms with Gasteiger partial charge in [-0.25, -0.2) is 0 Å². The van der Waals surface area contributed by atoms with Crippen LogP contribution in [0.15, 0.2) is 48.5 Å². The fourth-order valence-corrected chi connectivity index (χ4v) is 5.18. The molecule has 0 saturated heterocycles. The number of carbonyl (C=O) groups excluding carboxylic acids is 5. The maximum Gasteiger partial charge on any atom is 0.261 e. The Bertz CT molecular complexity index is 1970. The lowest BCUT2D eigenvalue weighted by Crippen LogP contribution is -2.51. The van der Waals surface area contributed by atoms with E-state index < -0.39 is 140 Å². The third-order valence-electron chi connectivity index (χ3n) is 7.94. The number of phenolic OH excluding ortho intramolecular Hbond substituents is 12. The normalized spacial score (nSPS) is 11.4. The SMILES string of the molecule is NC(=O)[C@@H](CCCCN(C(=O)c1cc(O)c(O)c(O)c1)C(=O)c1cc(O)c(O)c(O)c1)N(C(=O)c1cc(O)c(O)c(O)c1)C(=O)c1cc(O)c(O)c(O)c1. The summed E-state index contributed by atoms with van der Waals surface area (Å²) in [7, 11) is 0. The van der Waals surface area contributed by atoms with Gasteiger partial charge in [0.25, 0.3) is 23.6 Å². The number of hydrogen-bond acceptors (Lipinski definition) is 17. The van der Waals surface area contributed by atoms with Crippen LogP contribution < -0.4 is 5.73 Å². The van der Waals surface area contributed by atoms with Gasteiger partial charge in [-0.1, -0.05) is 0 Å². The lowest BCUT2D eigenvalue weighted by Gasteiger charge is -2.29. The Morgan fingerprint density at radius 2 is 0.704 bits per heavy atom. The topological polar surface area (TPSA) is 361 Å². The number of aromatic hydroxyl groups is 12. The third-order valence-corrected chi connectivity index (χ3v) is 7.94. The molecule has 0 saturated carbocycles. The number of primary amides is 1. The minimum Gasteiger partial charge on any atom is -0.504 e. The van der Waals surface area contributed by atoms with Gasteiger partial charge in [0.2, 0.25) is 5.91 Å². The number of unbranched alkanes of at least 4 members (excludes halogenated alkanes) is 1. The lowest BCUT2D eigenvalue weighted by molar-refractivity contribution is -0.122. The molecule has 0 aliphatic heterocycles. The maximum absolute atomic E-state index is 13.8. The number of carbonyl (C=O) groups is 5.